The first-order valence-corrected chi connectivity index (χ1v) is 9.48. The molecule has 1 aliphatic heterocycles. The second-order valence-electron chi connectivity index (χ2n) is 6.57. The van der Waals surface area contributed by atoms with E-state index in [2.05, 4.69) is 5.32 Å². The molecule has 5 nitrogen and oxygen atoms in total. The van der Waals surface area contributed by atoms with E-state index in [4.69, 9.17) is 16.3 Å². The summed E-state index contributed by atoms with van der Waals surface area (Å²) in [6.45, 7) is 0.160. The maximum atomic E-state index is 13.4. The van der Waals surface area contributed by atoms with Crippen LogP contribution >= 0.6 is 11.6 Å². The summed E-state index contributed by atoms with van der Waals surface area (Å²) in [7, 11) is 0. The molecule has 3 aromatic carbocycles. The number of anilines is 1. The molecular formula is C23H16ClFN2O3. The lowest BCUT2D eigenvalue weighted by Gasteiger charge is -2.12. The number of carbonyl (C=O) groups is 2. The number of halogens is 2. The third-order valence-corrected chi connectivity index (χ3v) is 4.68. The van der Waals surface area contributed by atoms with Crippen molar-refractivity contribution < 1.29 is 18.7 Å². The fourth-order valence-electron chi connectivity index (χ4n) is 3.06. The van der Waals surface area contributed by atoms with E-state index in [0.29, 0.717) is 27.6 Å². The Labute approximate surface area is 177 Å². The first-order valence-electron chi connectivity index (χ1n) is 9.10. The van der Waals surface area contributed by atoms with E-state index in [0.717, 1.165) is 4.90 Å². The third-order valence-electron chi connectivity index (χ3n) is 4.45. The van der Waals surface area contributed by atoms with Crippen LogP contribution < -0.4 is 15.0 Å². The van der Waals surface area contributed by atoms with Crippen LogP contribution in [0.4, 0.5) is 14.9 Å². The van der Waals surface area contributed by atoms with Gasteiger partial charge in [0.05, 0.1) is 5.69 Å². The number of imide groups is 1. The summed E-state index contributed by atoms with van der Waals surface area (Å²) in [4.78, 5) is 26.2. The average molecular weight is 423 g/mol. The number of para-hydroxylation sites is 1. The van der Waals surface area contributed by atoms with E-state index in [9.17, 15) is 14.0 Å². The molecule has 150 valence electrons. The highest BCUT2D eigenvalue weighted by Gasteiger charge is 2.35. The van der Waals surface area contributed by atoms with Crippen LogP contribution in [0.15, 0.2) is 78.5 Å². The molecule has 0 aliphatic carbocycles. The van der Waals surface area contributed by atoms with Gasteiger partial charge in [0.15, 0.2) is 0 Å². The monoisotopic (exact) mass is 422 g/mol. The number of carbonyl (C=O) groups excluding carboxylic acids is 2. The Bertz CT molecular complexity index is 1160. The fraction of sp³-hybridized carbons (Fsp3) is 0.0435. The molecule has 0 bridgehead atoms. The summed E-state index contributed by atoms with van der Waals surface area (Å²) in [5.41, 5.74) is 1.77. The number of urea groups is 1. The molecule has 3 aromatic rings. The lowest BCUT2D eigenvalue weighted by molar-refractivity contribution is -0.113. The quantitative estimate of drug-likeness (QED) is 0.456. The Kier molecular flexibility index (Phi) is 5.50. The van der Waals surface area contributed by atoms with Crippen LogP contribution in [0.1, 0.15) is 11.1 Å². The molecule has 0 spiro atoms. The van der Waals surface area contributed by atoms with Gasteiger partial charge in [0.2, 0.25) is 0 Å². The molecule has 3 amide bonds. The van der Waals surface area contributed by atoms with Gasteiger partial charge in [0.25, 0.3) is 5.91 Å². The molecule has 7 heteroatoms. The zero-order chi connectivity index (χ0) is 21.1. The zero-order valence-electron chi connectivity index (χ0n) is 15.6. The van der Waals surface area contributed by atoms with Crippen LogP contribution in [-0.2, 0) is 11.4 Å². The van der Waals surface area contributed by atoms with Crippen molar-refractivity contribution in [3.05, 3.63) is 100 Å². The fourth-order valence-corrected chi connectivity index (χ4v) is 3.24. The van der Waals surface area contributed by atoms with E-state index in [1.54, 1.807) is 60.7 Å². The van der Waals surface area contributed by atoms with Gasteiger partial charge in [-0.2, -0.15) is 0 Å². The Balaban J connectivity index is 1.58. The van der Waals surface area contributed by atoms with Gasteiger partial charge in [-0.05, 0) is 48.0 Å². The molecular weight excluding hydrogens is 407 g/mol. The number of hydrogen-bond donors (Lipinski definition) is 1. The summed E-state index contributed by atoms with van der Waals surface area (Å²) in [5, 5.41) is 3.00. The highest BCUT2D eigenvalue weighted by Crippen LogP contribution is 2.27. The molecule has 1 N–H and O–H groups in total. The molecule has 0 atom stereocenters. The molecule has 4 rings (SSSR count). The predicted octanol–water partition coefficient (Wildman–Crippen LogP) is 5.16. The van der Waals surface area contributed by atoms with Crippen molar-refractivity contribution in [3.8, 4) is 5.75 Å². The molecule has 0 aromatic heterocycles. The minimum absolute atomic E-state index is 0.113. The number of hydrogen-bond acceptors (Lipinski definition) is 3. The molecule has 30 heavy (non-hydrogen) atoms. The van der Waals surface area contributed by atoms with Crippen molar-refractivity contribution in [2.45, 2.75) is 6.61 Å². The minimum Gasteiger partial charge on any atom is -0.488 e. The average Bonchev–Trinajstić information content (AvgIpc) is 3.00. The van der Waals surface area contributed by atoms with Crippen LogP contribution in [0.3, 0.4) is 0 Å². The topological polar surface area (TPSA) is 58.6 Å². The Morgan fingerprint density at radius 2 is 1.80 bits per heavy atom. The first-order chi connectivity index (χ1) is 14.5. The zero-order valence-corrected chi connectivity index (χ0v) is 16.4. The van der Waals surface area contributed by atoms with Crippen LogP contribution in [0.25, 0.3) is 6.08 Å². The summed E-state index contributed by atoms with van der Waals surface area (Å²) < 4.78 is 19.2. The van der Waals surface area contributed by atoms with Crippen LogP contribution in [0.2, 0.25) is 5.02 Å². The van der Waals surface area contributed by atoms with E-state index in [1.807, 2.05) is 0 Å². The maximum absolute atomic E-state index is 13.4. The van der Waals surface area contributed by atoms with Crippen molar-refractivity contribution in [1.82, 2.24) is 5.32 Å². The van der Waals surface area contributed by atoms with E-state index >= 15 is 0 Å². The van der Waals surface area contributed by atoms with E-state index < -0.39 is 11.9 Å². The summed E-state index contributed by atoms with van der Waals surface area (Å²) in [5.74, 6) is -0.341. The summed E-state index contributed by atoms with van der Waals surface area (Å²) in [6, 6.07) is 19.1. The minimum atomic E-state index is -0.563. The second kappa shape index (κ2) is 8.39. The summed E-state index contributed by atoms with van der Waals surface area (Å²) >= 11 is 5.98. The normalized spacial score (nSPS) is 14.9. The van der Waals surface area contributed by atoms with Crippen LogP contribution in [0, 0.1) is 5.82 Å². The molecule has 1 aliphatic rings. The number of ether oxygens (including phenoxy) is 1. The smallest absolute Gasteiger partial charge is 0.333 e. The Morgan fingerprint density at radius 3 is 2.60 bits per heavy atom. The maximum Gasteiger partial charge on any atom is 0.333 e. The largest absolute Gasteiger partial charge is 0.488 e. The Morgan fingerprint density at radius 1 is 1.00 bits per heavy atom. The highest BCUT2D eigenvalue weighted by molar-refractivity contribution is 6.32. The third kappa shape index (κ3) is 4.18. The van der Waals surface area contributed by atoms with Gasteiger partial charge in [-0.25, -0.2) is 14.1 Å². The summed E-state index contributed by atoms with van der Waals surface area (Å²) in [6.07, 6.45) is 1.55. The van der Waals surface area contributed by atoms with Crippen molar-refractivity contribution in [3.63, 3.8) is 0 Å². The van der Waals surface area contributed by atoms with Crippen molar-refractivity contribution in [2.24, 2.45) is 0 Å². The molecule has 1 saturated heterocycles. The predicted molar refractivity (Wildman–Crippen MR) is 113 cm³/mol. The van der Waals surface area contributed by atoms with Crippen LogP contribution in [-0.4, -0.2) is 11.9 Å². The molecule has 1 heterocycles. The van der Waals surface area contributed by atoms with Gasteiger partial charge in [-0.15, -0.1) is 0 Å². The highest BCUT2D eigenvalue weighted by atomic mass is 35.5. The van der Waals surface area contributed by atoms with Gasteiger partial charge in [-0.1, -0.05) is 48.0 Å². The lowest BCUT2D eigenvalue weighted by atomic mass is 10.1. The molecule has 0 saturated carbocycles. The lowest BCUT2D eigenvalue weighted by Crippen LogP contribution is -2.30. The van der Waals surface area contributed by atoms with Gasteiger partial charge in [0.1, 0.15) is 23.9 Å². The van der Waals surface area contributed by atoms with Gasteiger partial charge in [0, 0.05) is 10.6 Å². The standard InChI is InChI=1S/C23H16ClFN2O3/c24-17-7-4-9-19(13-17)27-22(28)20(26-23(27)29)12-16-6-1-2-10-21(16)30-14-15-5-3-8-18(25)11-15/h1-13H,14H2,(H,26,29)/b20-12+. The van der Waals surface area contributed by atoms with Gasteiger partial charge >= 0.3 is 6.03 Å². The number of amides is 3. The molecule has 0 radical (unpaired) electrons. The van der Waals surface area contributed by atoms with Gasteiger partial charge in [-0.3, -0.25) is 4.79 Å². The SMILES string of the molecule is O=C1N/C(=C/c2ccccc2OCc2cccc(F)c2)C(=O)N1c1cccc(Cl)c1. The second-order valence-corrected chi connectivity index (χ2v) is 7.00. The van der Waals surface area contributed by atoms with Crippen molar-refractivity contribution >= 4 is 35.3 Å². The van der Waals surface area contributed by atoms with Gasteiger partial charge < -0.3 is 10.1 Å². The van der Waals surface area contributed by atoms with Crippen molar-refractivity contribution in [1.29, 1.82) is 0 Å². The first kappa shape index (κ1) is 19.7. The molecule has 0 unspecified atom stereocenters. The van der Waals surface area contributed by atoms with Crippen molar-refractivity contribution in [2.75, 3.05) is 4.90 Å². The van der Waals surface area contributed by atoms with Crippen LogP contribution in [0.5, 0.6) is 5.75 Å². The number of benzene rings is 3. The van der Waals surface area contributed by atoms with E-state index in [1.165, 1.54) is 18.2 Å². The number of rotatable bonds is 5. The Hall–Kier alpha value is -3.64. The van der Waals surface area contributed by atoms with E-state index in [-0.39, 0.29) is 18.1 Å². The number of nitrogens with zero attached hydrogens (tertiary/aromatic N) is 1. The molecule has 1 fully saturated rings. The number of nitrogens with one attached hydrogen (secondary N) is 1.